The summed E-state index contributed by atoms with van der Waals surface area (Å²) in [7, 11) is 0. The van der Waals surface area contributed by atoms with Crippen molar-refractivity contribution in [3.8, 4) is 0 Å². The molecule has 0 aromatic heterocycles. The van der Waals surface area contributed by atoms with Crippen molar-refractivity contribution in [2.24, 2.45) is 0 Å². The molecule has 0 rings (SSSR count). The van der Waals surface area contributed by atoms with Crippen LogP contribution >= 0.6 is 0 Å². The van der Waals surface area contributed by atoms with E-state index in [9.17, 15) is 14.4 Å². The topological polar surface area (TPSA) is 78.9 Å². The maximum Gasteiger partial charge on any atom is 0.306 e. The largest absolute Gasteiger partial charge is 0.462 e. The molecule has 0 aliphatic rings. The lowest BCUT2D eigenvalue weighted by Gasteiger charge is -2.18. The lowest BCUT2D eigenvalue weighted by Crippen LogP contribution is -2.30. The number of hydrogen-bond donors (Lipinski definition) is 0. The van der Waals surface area contributed by atoms with E-state index in [-0.39, 0.29) is 31.1 Å². The molecule has 0 aromatic rings. The summed E-state index contributed by atoms with van der Waals surface area (Å²) in [6.45, 7) is 6.34. The molecule has 0 heterocycles. The molecule has 0 saturated carbocycles. The van der Waals surface area contributed by atoms with Gasteiger partial charge in [-0.1, -0.05) is 262 Å². The van der Waals surface area contributed by atoms with E-state index in [0.29, 0.717) is 19.3 Å². The third kappa shape index (κ3) is 61.8. The molecule has 0 saturated heterocycles. The van der Waals surface area contributed by atoms with E-state index in [1.54, 1.807) is 0 Å². The molecule has 6 heteroatoms. The third-order valence-electron chi connectivity index (χ3n) is 12.5. The fourth-order valence-electron chi connectivity index (χ4n) is 7.95. The first-order valence-electron chi connectivity index (χ1n) is 31.0. The molecule has 432 valence electrons. The first kappa shape index (κ1) is 72.0. The van der Waals surface area contributed by atoms with Crippen molar-refractivity contribution < 1.29 is 28.6 Å². The Labute approximate surface area is 473 Å². The molecule has 0 amide bonds. The van der Waals surface area contributed by atoms with Gasteiger partial charge in [-0.2, -0.15) is 0 Å². The predicted octanol–water partition coefficient (Wildman–Crippen LogP) is 21.3. The molecule has 0 spiro atoms. The number of esters is 3. The highest BCUT2D eigenvalue weighted by Gasteiger charge is 2.19. The molecule has 0 aliphatic heterocycles. The Morgan fingerprint density at radius 3 is 0.792 bits per heavy atom. The van der Waals surface area contributed by atoms with Crippen LogP contribution in [-0.2, 0) is 28.6 Å². The van der Waals surface area contributed by atoms with E-state index in [1.165, 1.54) is 38.5 Å². The lowest BCUT2D eigenvalue weighted by atomic mass is 10.1. The maximum atomic E-state index is 12.8. The average molecular weight is 1060 g/mol. The summed E-state index contributed by atoms with van der Waals surface area (Å²) in [6, 6.07) is 0. The fraction of sp³-hybridized carbons (Fsp3) is 0.592. The predicted molar refractivity (Wildman–Crippen MR) is 334 cm³/mol. The number of unbranched alkanes of at least 4 members (excludes halogenated alkanes) is 17. The molecule has 0 aromatic carbocycles. The van der Waals surface area contributed by atoms with Crippen LogP contribution in [0.2, 0.25) is 0 Å². The van der Waals surface area contributed by atoms with Gasteiger partial charge >= 0.3 is 17.9 Å². The number of rotatable bonds is 54. The molecule has 1 atom stereocenters. The molecular weight excluding hydrogens is 949 g/mol. The average Bonchev–Trinajstić information content (AvgIpc) is 3.43. The molecule has 0 bridgehead atoms. The smallest absolute Gasteiger partial charge is 0.306 e. The highest BCUT2D eigenvalue weighted by Crippen LogP contribution is 2.14. The van der Waals surface area contributed by atoms with Gasteiger partial charge in [0.1, 0.15) is 13.2 Å². The van der Waals surface area contributed by atoms with Crippen molar-refractivity contribution in [2.45, 2.75) is 258 Å². The summed E-state index contributed by atoms with van der Waals surface area (Å²) in [5, 5.41) is 0. The van der Waals surface area contributed by atoms with Crippen LogP contribution in [0, 0.1) is 0 Å². The summed E-state index contributed by atoms with van der Waals surface area (Å²) in [5.41, 5.74) is 0. The van der Waals surface area contributed by atoms with Gasteiger partial charge in [-0.3, -0.25) is 14.4 Å². The van der Waals surface area contributed by atoms with Gasteiger partial charge in [-0.05, 0) is 128 Å². The van der Waals surface area contributed by atoms with Crippen LogP contribution in [0.4, 0.5) is 0 Å². The molecule has 6 nitrogen and oxygen atoms in total. The lowest BCUT2D eigenvalue weighted by molar-refractivity contribution is -0.167. The standard InChI is InChI=1S/C71H112O6/c1-4-7-10-13-16-19-21-23-25-26-27-28-29-30-31-32-33-34-35-36-37-38-39-40-41-42-43-44-46-47-49-52-55-58-61-64-70(73)76-67-68(66-75-69(72)63-60-57-54-51-18-15-12-9-6-3)77-71(74)65-62-59-56-53-50-48-45-24-22-20-17-14-11-8-5-2/h7-8,10-11,16-17,19-20,23-25,27-28,30-31,33-34,36-37,39-40,42-43,45-47,68H,4-6,9,12-15,18,21-22,26,29,32,35,38,41,44,48-67H2,1-3H3/b10-7-,11-8-,19-16-,20-17-,25-23-,28-27-,31-30-,34-33-,37-36-,40-39-,43-42-,45-24-,47-46-. The molecule has 0 fully saturated rings. The monoisotopic (exact) mass is 1060 g/mol. The van der Waals surface area contributed by atoms with Gasteiger partial charge in [-0.25, -0.2) is 0 Å². The normalized spacial score (nSPS) is 13.2. The van der Waals surface area contributed by atoms with Crippen LogP contribution in [0.25, 0.3) is 0 Å². The van der Waals surface area contributed by atoms with Gasteiger partial charge < -0.3 is 14.2 Å². The Balaban J connectivity index is 4.27. The van der Waals surface area contributed by atoms with Gasteiger partial charge in [0, 0.05) is 19.3 Å². The van der Waals surface area contributed by atoms with Crippen molar-refractivity contribution in [2.75, 3.05) is 13.2 Å². The van der Waals surface area contributed by atoms with Crippen molar-refractivity contribution in [3.05, 3.63) is 158 Å². The number of ether oxygens (including phenoxy) is 3. The quantitative estimate of drug-likeness (QED) is 0.0261. The minimum absolute atomic E-state index is 0.0972. The van der Waals surface area contributed by atoms with Gasteiger partial charge in [0.15, 0.2) is 6.10 Å². The Hall–Kier alpha value is -4.97. The van der Waals surface area contributed by atoms with E-state index in [1.807, 2.05) is 0 Å². The van der Waals surface area contributed by atoms with E-state index < -0.39 is 6.10 Å². The molecule has 0 aliphatic carbocycles. The van der Waals surface area contributed by atoms with E-state index in [0.717, 1.165) is 173 Å². The second-order valence-electron chi connectivity index (χ2n) is 19.9. The third-order valence-corrected chi connectivity index (χ3v) is 12.5. The summed E-state index contributed by atoms with van der Waals surface area (Å²) in [4.78, 5) is 38.1. The maximum absolute atomic E-state index is 12.8. The minimum atomic E-state index is -0.802. The number of carbonyl (C=O) groups is 3. The van der Waals surface area contributed by atoms with Crippen molar-refractivity contribution in [1.82, 2.24) is 0 Å². The highest BCUT2D eigenvalue weighted by atomic mass is 16.6. The Bertz CT molecular complexity index is 1740. The molecule has 1 unspecified atom stereocenters. The SMILES string of the molecule is CC/C=C\C/C=C\C/C=C\C/C=C\C/C=C\C/C=C\C/C=C\C/C=C\C/C=C\C/C=C\CCCCCCC(=O)OCC(COC(=O)CCCCCCCCCCC)OC(=O)CCCCCCC/C=C\C/C=C\C/C=C\CC. The number of allylic oxidation sites excluding steroid dienone is 26. The molecule has 0 N–H and O–H groups in total. The Kier molecular flexibility index (Phi) is 59.5. The van der Waals surface area contributed by atoms with Gasteiger partial charge in [0.05, 0.1) is 0 Å². The molecule has 77 heavy (non-hydrogen) atoms. The van der Waals surface area contributed by atoms with Crippen LogP contribution in [0.15, 0.2) is 158 Å². The first-order chi connectivity index (χ1) is 38.0. The second kappa shape index (κ2) is 63.6. The Morgan fingerprint density at radius 1 is 0.273 bits per heavy atom. The van der Waals surface area contributed by atoms with Crippen LogP contribution in [0.5, 0.6) is 0 Å². The van der Waals surface area contributed by atoms with Crippen LogP contribution in [0.1, 0.15) is 252 Å². The van der Waals surface area contributed by atoms with E-state index in [2.05, 4.69) is 179 Å². The van der Waals surface area contributed by atoms with E-state index in [4.69, 9.17) is 14.2 Å². The zero-order chi connectivity index (χ0) is 55.7. The zero-order valence-electron chi connectivity index (χ0n) is 49.4. The van der Waals surface area contributed by atoms with Gasteiger partial charge in [0.25, 0.3) is 0 Å². The second-order valence-corrected chi connectivity index (χ2v) is 19.9. The molecule has 0 radical (unpaired) electrons. The number of hydrogen-bond acceptors (Lipinski definition) is 6. The highest BCUT2D eigenvalue weighted by molar-refractivity contribution is 5.71. The number of carbonyl (C=O) groups excluding carboxylic acids is 3. The summed E-state index contributed by atoms with van der Waals surface area (Å²) in [5.74, 6) is -0.949. The first-order valence-corrected chi connectivity index (χ1v) is 31.0. The Morgan fingerprint density at radius 2 is 0.506 bits per heavy atom. The van der Waals surface area contributed by atoms with E-state index >= 15 is 0 Å². The van der Waals surface area contributed by atoms with Crippen molar-refractivity contribution >= 4 is 17.9 Å². The van der Waals surface area contributed by atoms with Gasteiger partial charge in [0.2, 0.25) is 0 Å². The molecular formula is C71H112O6. The van der Waals surface area contributed by atoms with Gasteiger partial charge in [-0.15, -0.1) is 0 Å². The summed E-state index contributed by atoms with van der Waals surface area (Å²) >= 11 is 0. The van der Waals surface area contributed by atoms with Crippen LogP contribution < -0.4 is 0 Å². The van der Waals surface area contributed by atoms with Crippen molar-refractivity contribution in [3.63, 3.8) is 0 Å². The summed E-state index contributed by atoms with van der Waals surface area (Å²) < 4.78 is 16.8. The fourth-order valence-corrected chi connectivity index (χ4v) is 7.95. The zero-order valence-corrected chi connectivity index (χ0v) is 49.4. The van der Waals surface area contributed by atoms with Crippen LogP contribution in [-0.4, -0.2) is 37.2 Å². The van der Waals surface area contributed by atoms with Crippen LogP contribution in [0.3, 0.4) is 0 Å². The summed E-state index contributed by atoms with van der Waals surface area (Å²) in [6.07, 6.45) is 92.6. The minimum Gasteiger partial charge on any atom is -0.462 e. The van der Waals surface area contributed by atoms with Crippen molar-refractivity contribution in [1.29, 1.82) is 0 Å².